The number of alkyl halides is 2. The SMILES string of the molecule is CCCCCCCCC(Cl)C(Cl)CCCCCC(C(=O)c1ccc(Sc2ccccc2)cc1)N(C)Cc1ccccc1. The van der Waals surface area contributed by atoms with Gasteiger partial charge >= 0.3 is 0 Å². The quantitative estimate of drug-likeness (QED) is 0.0667. The third kappa shape index (κ3) is 12.8. The maximum absolute atomic E-state index is 13.8. The number of nitrogens with zero attached hydrogens (tertiary/aromatic N) is 1. The minimum atomic E-state index is -0.168. The van der Waals surface area contributed by atoms with Gasteiger partial charge in [0.05, 0.1) is 6.04 Å². The average molecular weight is 627 g/mol. The third-order valence-electron chi connectivity index (χ3n) is 7.91. The van der Waals surface area contributed by atoms with Crippen LogP contribution in [-0.2, 0) is 6.54 Å². The molecule has 3 aromatic rings. The van der Waals surface area contributed by atoms with Gasteiger partial charge in [-0.25, -0.2) is 0 Å². The number of hydrogen-bond acceptors (Lipinski definition) is 3. The van der Waals surface area contributed by atoms with Crippen LogP contribution in [0.15, 0.2) is 94.7 Å². The molecule has 228 valence electrons. The summed E-state index contributed by atoms with van der Waals surface area (Å²) in [5.41, 5.74) is 1.99. The molecule has 0 radical (unpaired) electrons. The zero-order valence-corrected chi connectivity index (χ0v) is 27.9. The van der Waals surface area contributed by atoms with Crippen molar-refractivity contribution < 1.29 is 4.79 Å². The third-order valence-corrected chi connectivity index (χ3v) is 10.1. The van der Waals surface area contributed by atoms with Crippen molar-refractivity contribution in [2.75, 3.05) is 7.05 Å². The van der Waals surface area contributed by atoms with E-state index in [1.54, 1.807) is 11.8 Å². The molecule has 0 aliphatic carbocycles. The van der Waals surface area contributed by atoms with Crippen LogP contribution in [0.4, 0.5) is 0 Å². The van der Waals surface area contributed by atoms with Crippen molar-refractivity contribution in [3.63, 3.8) is 0 Å². The molecule has 0 aliphatic heterocycles. The lowest BCUT2D eigenvalue weighted by molar-refractivity contribution is 0.0828. The van der Waals surface area contributed by atoms with Crippen molar-refractivity contribution >= 4 is 40.7 Å². The van der Waals surface area contributed by atoms with E-state index < -0.39 is 0 Å². The molecule has 0 aliphatic rings. The Morgan fingerprint density at radius 1 is 0.667 bits per heavy atom. The molecular weight excluding hydrogens is 577 g/mol. The predicted molar refractivity (Wildman–Crippen MR) is 183 cm³/mol. The van der Waals surface area contributed by atoms with Crippen molar-refractivity contribution in [2.45, 2.75) is 117 Å². The molecule has 3 rings (SSSR count). The molecule has 0 fully saturated rings. The van der Waals surface area contributed by atoms with Crippen LogP contribution in [0.3, 0.4) is 0 Å². The second-order valence-electron chi connectivity index (χ2n) is 11.4. The summed E-state index contributed by atoms with van der Waals surface area (Å²) in [6, 6.07) is 28.7. The lowest BCUT2D eigenvalue weighted by Gasteiger charge is -2.27. The summed E-state index contributed by atoms with van der Waals surface area (Å²) >= 11 is 15.0. The molecule has 2 nitrogen and oxygen atoms in total. The van der Waals surface area contributed by atoms with Gasteiger partial charge in [-0.3, -0.25) is 9.69 Å². The van der Waals surface area contributed by atoms with E-state index in [4.69, 9.17) is 23.2 Å². The molecule has 3 atom stereocenters. The summed E-state index contributed by atoms with van der Waals surface area (Å²) in [4.78, 5) is 18.3. The summed E-state index contributed by atoms with van der Waals surface area (Å²) in [5, 5.41) is 0.0694. The van der Waals surface area contributed by atoms with E-state index in [0.717, 1.165) is 55.5 Å². The number of benzene rings is 3. The number of rotatable bonds is 21. The molecule has 0 heterocycles. The Hall–Kier alpha value is -1.78. The Bertz CT molecular complexity index is 1130. The highest BCUT2D eigenvalue weighted by atomic mass is 35.5. The van der Waals surface area contributed by atoms with E-state index in [2.05, 4.69) is 67.4 Å². The second kappa shape index (κ2) is 20.2. The van der Waals surface area contributed by atoms with Gasteiger partial charge in [-0.05, 0) is 56.1 Å². The van der Waals surface area contributed by atoms with E-state index in [-0.39, 0.29) is 22.6 Å². The Morgan fingerprint density at radius 2 is 1.17 bits per heavy atom. The van der Waals surface area contributed by atoms with Gasteiger partial charge in [0.1, 0.15) is 0 Å². The summed E-state index contributed by atoms with van der Waals surface area (Å²) in [6.07, 6.45) is 13.5. The second-order valence-corrected chi connectivity index (χ2v) is 13.7. The molecule has 0 saturated carbocycles. The van der Waals surface area contributed by atoms with Crippen molar-refractivity contribution in [1.29, 1.82) is 0 Å². The highest BCUT2D eigenvalue weighted by molar-refractivity contribution is 7.99. The molecule has 0 spiro atoms. The molecule has 0 bridgehead atoms. The van der Waals surface area contributed by atoms with E-state index in [9.17, 15) is 4.79 Å². The van der Waals surface area contributed by atoms with Crippen molar-refractivity contribution in [2.24, 2.45) is 0 Å². The number of halogens is 2. The van der Waals surface area contributed by atoms with Crippen LogP contribution < -0.4 is 0 Å². The number of likely N-dealkylation sites (N-methyl/N-ethyl adjacent to an activating group) is 1. The molecule has 5 heteroatoms. The fourth-order valence-corrected chi connectivity index (χ4v) is 6.77. The van der Waals surface area contributed by atoms with E-state index in [1.807, 2.05) is 36.4 Å². The first-order chi connectivity index (χ1) is 20.5. The maximum Gasteiger partial charge on any atom is 0.179 e. The van der Waals surface area contributed by atoms with Crippen LogP contribution in [0.1, 0.15) is 99.9 Å². The summed E-state index contributed by atoms with van der Waals surface area (Å²) in [7, 11) is 2.07. The van der Waals surface area contributed by atoms with Gasteiger partial charge in [-0.15, -0.1) is 23.2 Å². The highest BCUT2D eigenvalue weighted by Gasteiger charge is 2.24. The summed E-state index contributed by atoms with van der Waals surface area (Å²) < 4.78 is 0. The Balaban J connectivity index is 1.50. The Morgan fingerprint density at radius 3 is 1.79 bits per heavy atom. The van der Waals surface area contributed by atoms with Crippen LogP contribution in [0, 0.1) is 0 Å². The summed E-state index contributed by atoms with van der Waals surface area (Å²) in [5.74, 6) is 0.194. The average Bonchev–Trinajstić information content (AvgIpc) is 3.01. The Labute approximate surface area is 269 Å². The largest absolute Gasteiger partial charge is 0.292 e. The van der Waals surface area contributed by atoms with Crippen LogP contribution in [0.25, 0.3) is 0 Å². The summed E-state index contributed by atoms with van der Waals surface area (Å²) in [6.45, 7) is 2.99. The fraction of sp³-hybridized carbons (Fsp3) is 0.486. The standard InChI is InChI=1S/C37H49Cl2NOS/c1-3-4-5-6-7-15-22-34(38)35(39)23-16-10-17-24-36(40(2)29-30-18-11-8-12-19-30)37(41)31-25-27-33(28-26-31)42-32-20-13-9-14-21-32/h8-9,11-14,18-21,25-28,34-36H,3-7,10,15-17,22-24,29H2,1-2H3. The van der Waals surface area contributed by atoms with Gasteiger partial charge in [0.25, 0.3) is 0 Å². The van der Waals surface area contributed by atoms with Gasteiger partial charge in [0.15, 0.2) is 5.78 Å². The van der Waals surface area contributed by atoms with Crippen molar-refractivity contribution in [3.8, 4) is 0 Å². The first kappa shape index (κ1) is 34.7. The zero-order valence-electron chi connectivity index (χ0n) is 25.5. The van der Waals surface area contributed by atoms with Gasteiger partial charge in [0.2, 0.25) is 0 Å². The minimum Gasteiger partial charge on any atom is -0.292 e. The first-order valence-corrected chi connectivity index (χ1v) is 17.6. The van der Waals surface area contributed by atoms with Crippen molar-refractivity contribution in [1.82, 2.24) is 4.90 Å². The number of carbonyl (C=O) groups excluding carboxylic acids is 1. The number of hydrogen-bond donors (Lipinski definition) is 0. The van der Waals surface area contributed by atoms with Crippen LogP contribution in [-0.4, -0.2) is 34.5 Å². The molecule has 0 N–H and O–H groups in total. The van der Waals surface area contributed by atoms with E-state index in [1.165, 1.54) is 49.0 Å². The van der Waals surface area contributed by atoms with Crippen LogP contribution in [0.5, 0.6) is 0 Å². The lowest BCUT2D eigenvalue weighted by Crippen LogP contribution is -2.38. The molecule has 3 aromatic carbocycles. The molecule has 3 unspecified atom stereocenters. The molecular formula is C37H49Cl2NOS. The molecule has 0 amide bonds. The van der Waals surface area contributed by atoms with Gasteiger partial charge in [-0.1, -0.05) is 137 Å². The van der Waals surface area contributed by atoms with E-state index in [0.29, 0.717) is 0 Å². The van der Waals surface area contributed by atoms with Crippen LogP contribution in [0.2, 0.25) is 0 Å². The van der Waals surface area contributed by atoms with Gasteiger partial charge in [0, 0.05) is 32.7 Å². The lowest BCUT2D eigenvalue weighted by atomic mass is 9.96. The maximum atomic E-state index is 13.8. The van der Waals surface area contributed by atoms with Crippen LogP contribution >= 0.6 is 35.0 Å². The number of ketones is 1. The number of carbonyl (C=O) groups is 1. The molecule has 0 aromatic heterocycles. The van der Waals surface area contributed by atoms with Crippen molar-refractivity contribution in [3.05, 3.63) is 96.1 Å². The fourth-order valence-electron chi connectivity index (χ4n) is 5.37. The number of Topliss-reactive ketones (excluding diaryl/α,β-unsaturated/α-hetero) is 1. The zero-order chi connectivity index (χ0) is 30.0. The van der Waals surface area contributed by atoms with Gasteiger partial charge < -0.3 is 0 Å². The predicted octanol–water partition coefficient (Wildman–Crippen LogP) is 11.4. The molecule has 42 heavy (non-hydrogen) atoms. The highest BCUT2D eigenvalue weighted by Crippen LogP contribution is 2.28. The number of unbranched alkanes of at least 4 members (excludes halogenated alkanes) is 7. The topological polar surface area (TPSA) is 20.3 Å². The normalized spacial score (nSPS) is 13.6. The Kier molecular flexibility index (Phi) is 16.7. The monoisotopic (exact) mass is 625 g/mol. The first-order valence-electron chi connectivity index (χ1n) is 15.9. The van der Waals surface area contributed by atoms with E-state index >= 15 is 0 Å². The van der Waals surface area contributed by atoms with Gasteiger partial charge in [-0.2, -0.15) is 0 Å². The molecule has 0 saturated heterocycles. The smallest absolute Gasteiger partial charge is 0.179 e. The minimum absolute atomic E-state index is 0.0211.